The van der Waals surface area contributed by atoms with Crippen LogP contribution in [0.1, 0.15) is 19.4 Å². The number of aryl methyl sites for hydroxylation is 1. The molecule has 1 rings (SSSR count). The van der Waals surface area contributed by atoms with E-state index in [0.29, 0.717) is 0 Å². The van der Waals surface area contributed by atoms with Gasteiger partial charge in [-0.25, -0.2) is 0 Å². The van der Waals surface area contributed by atoms with Crippen molar-refractivity contribution in [1.82, 2.24) is 0 Å². The van der Waals surface area contributed by atoms with E-state index in [-0.39, 0.29) is 0 Å². The van der Waals surface area contributed by atoms with Gasteiger partial charge in [-0.2, -0.15) is 0 Å². The van der Waals surface area contributed by atoms with Crippen molar-refractivity contribution in [1.29, 1.82) is 0 Å². The highest BCUT2D eigenvalue weighted by molar-refractivity contribution is 9.10. The number of rotatable bonds is 0. The highest BCUT2D eigenvalue weighted by Gasteiger charge is 1.90. The third-order valence-electron chi connectivity index (χ3n) is 1.24. The third kappa shape index (κ3) is 3.42. The van der Waals surface area contributed by atoms with E-state index in [9.17, 15) is 0 Å². The highest BCUT2D eigenvalue weighted by atomic mass is 79.9. The Hall–Kier alpha value is -0.500. The summed E-state index contributed by atoms with van der Waals surface area (Å²) in [6.07, 6.45) is 0. The van der Waals surface area contributed by atoms with E-state index >= 15 is 0 Å². The third-order valence-corrected chi connectivity index (χ3v) is 1.73. The molecule has 62 valence electrons. The van der Waals surface area contributed by atoms with Crippen molar-refractivity contribution in [3.8, 4) is 0 Å². The minimum absolute atomic E-state index is 0.837. The summed E-state index contributed by atoms with van der Waals surface area (Å²) in [4.78, 5) is 0. The van der Waals surface area contributed by atoms with Gasteiger partial charge in [0.15, 0.2) is 0 Å². The molecule has 0 aliphatic carbocycles. The zero-order chi connectivity index (χ0) is 8.85. The molecule has 0 heterocycles. The number of halogens is 1. The maximum absolute atomic E-state index is 5.59. The van der Waals surface area contributed by atoms with Crippen molar-refractivity contribution in [2.75, 3.05) is 5.73 Å². The van der Waals surface area contributed by atoms with E-state index in [4.69, 9.17) is 5.73 Å². The van der Waals surface area contributed by atoms with Gasteiger partial charge in [0.05, 0.1) is 0 Å². The number of benzene rings is 1. The summed E-state index contributed by atoms with van der Waals surface area (Å²) in [5.41, 5.74) is 7.55. The van der Waals surface area contributed by atoms with Crippen LogP contribution in [0.4, 0.5) is 5.69 Å². The molecule has 0 bridgehead atoms. The number of nitrogen functional groups attached to an aromatic ring is 1. The van der Waals surface area contributed by atoms with Crippen LogP contribution in [0.5, 0.6) is 0 Å². The molecule has 11 heavy (non-hydrogen) atoms. The Bertz CT molecular complexity index is 221. The van der Waals surface area contributed by atoms with Gasteiger partial charge in [0, 0.05) is 10.2 Å². The van der Waals surface area contributed by atoms with E-state index in [1.807, 2.05) is 39.0 Å². The maximum Gasteiger partial charge on any atom is 0.0355 e. The molecule has 1 nitrogen and oxygen atoms in total. The van der Waals surface area contributed by atoms with Gasteiger partial charge < -0.3 is 5.73 Å². The minimum Gasteiger partial charge on any atom is -0.398 e. The number of nitrogens with two attached hydrogens (primary N) is 1. The summed E-state index contributed by atoms with van der Waals surface area (Å²) in [6.45, 7) is 5.99. The first-order valence-electron chi connectivity index (χ1n) is 3.72. The molecule has 0 amide bonds. The molecule has 0 aliphatic rings. The van der Waals surface area contributed by atoms with Crippen LogP contribution < -0.4 is 5.73 Å². The molecule has 0 saturated heterocycles. The second kappa shape index (κ2) is 5.19. The van der Waals surface area contributed by atoms with Crippen LogP contribution in [-0.4, -0.2) is 0 Å². The molecular formula is C9H14BrN. The average Bonchev–Trinajstić information content (AvgIpc) is 2.02. The van der Waals surface area contributed by atoms with Crippen LogP contribution in [0.15, 0.2) is 22.7 Å². The van der Waals surface area contributed by atoms with Crippen LogP contribution in [0.25, 0.3) is 0 Å². The first-order chi connectivity index (χ1) is 5.20. The van der Waals surface area contributed by atoms with Crippen LogP contribution in [0.2, 0.25) is 0 Å². The van der Waals surface area contributed by atoms with Crippen LogP contribution in [-0.2, 0) is 0 Å². The predicted octanol–water partition coefficient (Wildman–Crippen LogP) is 3.37. The Kier molecular flexibility index (Phi) is 4.95. The molecule has 2 heteroatoms. The summed E-state index contributed by atoms with van der Waals surface area (Å²) < 4.78 is 1.03. The summed E-state index contributed by atoms with van der Waals surface area (Å²) in [5, 5.41) is 0. The number of hydrogen-bond acceptors (Lipinski definition) is 1. The van der Waals surface area contributed by atoms with Crippen molar-refractivity contribution >= 4 is 21.6 Å². The van der Waals surface area contributed by atoms with Gasteiger partial charge in [-0.1, -0.05) is 35.8 Å². The van der Waals surface area contributed by atoms with Crippen molar-refractivity contribution in [3.63, 3.8) is 0 Å². The molecule has 0 unspecified atom stereocenters. The molecule has 0 fully saturated rings. The molecule has 0 aromatic heterocycles. The average molecular weight is 216 g/mol. The smallest absolute Gasteiger partial charge is 0.0355 e. The highest BCUT2D eigenvalue weighted by Crippen LogP contribution is 2.16. The van der Waals surface area contributed by atoms with Crippen molar-refractivity contribution in [2.24, 2.45) is 0 Å². The molecule has 1 aromatic rings. The van der Waals surface area contributed by atoms with Gasteiger partial charge in [0.1, 0.15) is 0 Å². The molecule has 0 radical (unpaired) electrons. The number of hydrogen-bond donors (Lipinski definition) is 1. The SMILES string of the molecule is CC.Cc1ccc(Br)cc1N. The second-order valence-electron chi connectivity index (χ2n) is 2.00. The minimum atomic E-state index is 0.837. The fraction of sp³-hybridized carbons (Fsp3) is 0.333. The van der Waals surface area contributed by atoms with Crippen LogP contribution in [0.3, 0.4) is 0 Å². The molecule has 0 saturated carbocycles. The number of anilines is 1. The monoisotopic (exact) mass is 215 g/mol. The molecule has 0 aliphatic heterocycles. The predicted molar refractivity (Wildman–Crippen MR) is 54.6 cm³/mol. The lowest BCUT2D eigenvalue weighted by Crippen LogP contribution is -1.87. The lowest BCUT2D eigenvalue weighted by molar-refractivity contribution is 1.46. The Morgan fingerprint density at radius 3 is 2.18 bits per heavy atom. The Balaban J connectivity index is 0.000000461. The van der Waals surface area contributed by atoms with E-state index in [1.54, 1.807) is 0 Å². The molecule has 0 atom stereocenters. The molecular weight excluding hydrogens is 202 g/mol. The van der Waals surface area contributed by atoms with Gasteiger partial charge in [-0.05, 0) is 24.6 Å². The van der Waals surface area contributed by atoms with Gasteiger partial charge in [0.25, 0.3) is 0 Å². The largest absolute Gasteiger partial charge is 0.398 e. The van der Waals surface area contributed by atoms with Crippen molar-refractivity contribution in [3.05, 3.63) is 28.2 Å². The summed E-state index contributed by atoms with van der Waals surface area (Å²) in [7, 11) is 0. The fourth-order valence-electron chi connectivity index (χ4n) is 0.611. The quantitative estimate of drug-likeness (QED) is 0.661. The first kappa shape index (κ1) is 10.5. The van der Waals surface area contributed by atoms with Crippen LogP contribution >= 0.6 is 15.9 Å². The normalized spacial score (nSPS) is 8.36. The lowest BCUT2D eigenvalue weighted by Gasteiger charge is -1.97. The van der Waals surface area contributed by atoms with Gasteiger partial charge >= 0.3 is 0 Å². The topological polar surface area (TPSA) is 26.0 Å². The Labute approximate surface area is 76.7 Å². The van der Waals surface area contributed by atoms with Gasteiger partial charge in [-0.3, -0.25) is 0 Å². The summed E-state index contributed by atoms with van der Waals surface area (Å²) in [6, 6.07) is 5.86. The van der Waals surface area contributed by atoms with Crippen molar-refractivity contribution < 1.29 is 0 Å². The molecule has 1 aromatic carbocycles. The van der Waals surface area contributed by atoms with E-state index in [2.05, 4.69) is 15.9 Å². The van der Waals surface area contributed by atoms with Crippen molar-refractivity contribution in [2.45, 2.75) is 20.8 Å². The van der Waals surface area contributed by atoms with E-state index in [1.165, 1.54) is 0 Å². The summed E-state index contributed by atoms with van der Waals surface area (Å²) in [5.74, 6) is 0. The summed E-state index contributed by atoms with van der Waals surface area (Å²) >= 11 is 3.32. The molecule has 2 N–H and O–H groups in total. The van der Waals surface area contributed by atoms with Crippen LogP contribution in [0, 0.1) is 6.92 Å². The van der Waals surface area contributed by atoms with Gasteiger partial charge in [0.2, 0.25) is 0 Å². The fourth-order valence-corrected chi connectivity index (χ4v) is 0.990. The Morgan fingerprint density at radius 2 is 1.82 bits per heavy atom. The zero-order valence-corrected chi connectivity index (χ0v) is 8.77. The molecule has 0 spiro atoms. The zero-order valence-electron chi connectivity index (χ0n) is 7.19. The second-order valence-corrected chi connectivity index (χ2v) is 2.92. The first-order valence-corrected chi connectivity index (χ1v) is 4.51. The standard InChI is InChI=1S/C7H8BrN.C2H6/c1-5-2-3-6(8)4-7(5)9;1-2/h2-4H,9H2,1H3;1-2H3. The van der Waals surface area contributed by atoms with E-state index in [0.717, 1.165) is 15.7 Å². The van der Waals surface area contributed by atoms with E-state index < -0.39 is 0 Å². The maximum atomic E-state index is 5.59. The lowest BCUT2D eigenvalue weighted by atomic mass is 10.2. The van der Waals surface area contributed by atoms with Gasteiger partial charge in [-0.15, -0.1) is 0 Å². The Morgan fingerprint density at radius 1 is 1.27 bits per heavy atom.